The molecule has 100 valence electrons. The second-order valence-corrected chi connectivity index (χ2v) is 5.10. The minimum atomic E-state index is -0.468. The Morgan fingerprint density at radius 2 is 1.74 bits per heavy atom. The Bertz CT molecular complexity index is 551. The first-order chi connectivity index (χ1) is 9.06. The molecule has 0 aliphatic rings. The van der Waals surface area contributed by atoms with E-state index in [1.165, 1.54) is 0 Å². The molecule has 0 spiro atoms. The smallest absolute Gasteiger partial charge is 0.119 e. The van der Waals surface area contributed by atoms with Gasteiger partial charge in [0, 0.05) is 0 Å². The zero-order valence-corrected chi connectivity index (χ0v) is 11.9. The first-order valence-corrected chi connectivity index (χ1v) is 6.66. The van der Waals surface area contributed by atoms with Crippen LogP contribution in [0.1, 0.15) is 24.2 Å². The maximum atomic E-state index is 9.41. The van der Waals surface area contributed by atoms with Crippen LogP contribution in [0.3, 0.4) is 0 Å². The van der Waals surface area contributed by atoms with E-state index in [0.717, 1.165) is 16.9 Å². The number of ether oxygens (including phenoxy) is 1. The summed E-state index contributed by atoms with van der Waals surface area (Å²) in [7, 11) is 0. The molecule has 0 amide bonds. The van der Waals surface area contributed by atoms with Gasteiger partial charge in [0.2, 0.25) is 0 Å². The molecule has 2 rings (SSSR count). The number of hydrogen-bond donors (Lipinski definition) is 1. The van der Waals surface area contributed by atoms with Gasteiger partial charge >= 0.3 is 0 Å². The van der Waals surface area contributed by atoms with E-state index < -0.39 is 6.10 Å². The fraction of sp³-hybridized carbons (Fsp3) is 0.200. The Kier molecular flexibility index (Phi) is 4.70. The maximum Gasteiger partial charge on any atom is 0.119 e. The maximum absolute atomic E-state index is 9.41. The lowest BCUT2D eigenvalue weighted by molar-refractivity contribution is 0.199. The molecule has 1 atom stereocenters. The van der Waals surface area contributed by atoms with E-state index in [9.17, 15) is 5.11 Å². The molecule has 0 radical (unpaired) electrons. The summed E-state index contributed by atoms with van der Waals surface area (Å²) < 4.78 is 5.64. The van der Waals surface area contributed by atoms with Crippen molar-refractivity contribution in [2.24, 2.45) is 0 Å². The zero-order chi connectivity index (χ0) is 13.8. The van der Waals surface area contributed by atoms with Gasteiger partial charge in [-0.1, -0.05) is 41.4 Å². The van der Waals surface area contributed by atoms with Crippen molar-refractivity contribution in [3.05, 3.63) is 63.6 Å². The molecule has 0 aromatic heterocycles. The fourth-order valence-corrected chi connectivity index (χ4v) is 1.96. The highest BCUT2D eigenvalue weighted by molar-refractivity contribution is 6.42. The number of aliphatic hydroxyl groups is 1. The van der Waals surface area contributed by atoms with Crippen molar-refractivity contribution in [2.45, 2.75) is 19.6 Å². The highest BCUT2D eigenvalue weighted by Gasteiger charge is 2.03. The summed E-state index contributed by atoms with van der Waals surface area (Å²) in [6, 6.07) is 12.8. The quantitative estimate of drug-likeness (QED) is 0.891. The third-order valence-electron chi connectivity index (χ3n) is 2.75. The number of rotatable bonds is 4. The number of aliphatic hydroxyl groups excluding tert-OH is 1. The zero-order valence-electron chi connectivity index (χ0n) is 10.4. The van der Waals surface area contributed by atoms with E-state index in [-0.39, 0.29) is 0 Å². The summed E-state index contributed by atoms with van der Waals surface area (Å²) in [6.07, 6.45) is -0.468. The lowest BCUT2D eigenvalue weighted by atomic mass is 10.1. The van der Waals surface area contributed by atoms with Gasteiger partial charge < -0.3 is 9.84 Å². The van der Waals surface area contributed by atoms with Gasteiger partial charge in [0.25, 0.3) is 0 Å². The van der Waals surface area contributed by atoms with Gasteiger partial charge in [-0.25, -0.2) is 0 Å². The second-order valence-electron chi connectivity index (χ2n) is 4.28. The van der Waals surface area contributed by atoms with Gasteiger partial charge in [0.1, 0.15) is 12.4 Å². The molecule has 0 aliphatic carbocycles. The van der Waals surface area contributed by atoms with Crippen LogP contribution in [-0.2, 0) is 6.61 Å². The average molecular weight is 297 g/mol. The third-order valence-corrected chi connectivity index (χ3v) is 3.49. The standard InChI is InChI=1S/C15H14Cl2O2/c1-10(18)12-3-5-13(6-4-12)19-9-11-2-7-14(16)15(17)8-11/h2-8,10,18H,9H2,1H3/t10-/m0/s1. The van der Waals surface area contributed by atoms with Crippen LogP contribution in [0, 0.1) is 0 Å². The van der Waals surface area contributed by atoms with E-state index in [1.807, 2.05) is 30.3 Å². The van der Waals surface area contributed by atoms with Gasteiger partial charge in [0.15, 0.2) is 0 Å². The number of hydrogen-bond acceptors (Lipinski definition) is 2. The van der Waals surface area contributed by atoms with Crippen molar-refractivity contribution < 1.29 is 9.84 Å². The molecular formula is C15H14Cl2O2. The monoisotopic (exact) mass is 296 g/mol. The summed E-state index contributed by atoms with van der Waals surface area (Å²) in [6.45, 7) is 2.15. The van der Waals surface area contributed by atoms with E-state index in [0.29, 0.717) is 16.7 Å². The van der Waals surface area contributed by atoms with Crippen LogP contribution in [0.4, 0.5) is 0 Å². The number of benzene rings is 2. The molecule has 2 aromatic rings. The lowest BCUT2D eigenvalue weighted by Crippen LogP contribution is -1.96. The van der Waals surface area contributed by atoms with Crippen LogP contribution in [0.25, 0.3) is 0 Å². The van der Waals surface area contributed by atoms with Crippen molar-refractivity contribution in [1.29, 1.82) is 0 Å². The summed E-state index contributed by atoms with van der Waals surface area (Å²) >= 11 is 11.8. The Morgan fingerprint density at radius 3 is 2.32 bits per heavy atom. The topological polar surface area (TPSA) is 29.5 Å². The van der Waals surface area contributed by atoms with Crippen molar-refractivity contribution >= 4 is 23.2 Å². The predicted octanol–water partition coefficient (Wildman–Crippen LogP) is 4.63. The second kappa shape index (κ2) is 6.29. The van der Waals surface area contributed by atoms with Crippen LogP contribution in [0.2, 0.25) is 10.0 Å². The molecule has 0 saturated carbocycles. The number of halogens is 2. The van der Waals surface area contributed by atoms with Crippen LogP contribution < -0.4 is 4.74 Å². The van der Waals surface area contributed by atoms with Gasteiger partial charge in [-0.2, -0.15) is 0 Å². The normalized spacial score (nSPS) is 12.2. The fourth-order valence-electron chi connectivity index (χ4n) is 1.64. The average Bonchev–Trinajstić information content (AvgIpc) is 2.40. The molecule has 4 heteroatoms. The van der Waals surface area contributed by atoms with Gasteiger partial charge in [0.05, 0.1) is 16.1 Å². The van der Waals surface area contributed by atoms with Gasteiger partial charge in [-0.15, -0.1) is 0 Å². The first-order valence-electron chi connectivity index (χ1n) is 5.91. The Labute approximate surface area is 122 Å². The molecule has 2 aromatic carbocycles. The summed E-state index contributed by atoms with van der Waals surface area (Å²) in [5, 5.41) is 10.5. The highest BCUT2D eigenvalue weighted by Crippen LogP contribution is 2.24. The molecule has 0 bridgehead atoms. The van der Waals surface area contributed by atoms with Crippen LogP contribution >= 0.6 is 23.2 Å². The minimum Gasteiger partial charge on any atom is -0.489 e. The Morgan fingerprint density at radius 1 is 1.05 bits per heavy atom. The predicted molar refractivity (Wildman–Crippen MR) is 77.9 cm³/mol. The van der Waals surface area contributed by atoms with E-state index in [1.54, 1.807) is 19.1 Å². The molecule has 19 heavy (non-hydrogen) atoms. The Balaban J connectivity index is 2.00. The summed E-state index contributed by atoms with van der Waals surface area (Å²) in [5.41, 5.74) is 1.82. The largest absolute Gasteiger partial charge is 0.489 e. The Hall–Kier alpha value is -1.22. The van der Waals surface area contributed by atoms with Crippen LogP contribution in [0.5, 0.6) is 5.75 Å². The van der Waals surface area contributed by atoms with E-state index in [4.69, 9.17) is 27.9 Å². The first kappa shape index (κ1) is 14.2. The summed E-state index contributed by atoms with van der Waals surface area (Å²) in [5.74, 6) is 0.746. The summed E-state index contributed by atoms with van der Waals surface area (Å²) in [4.78, 5) is 0. The van der Waals surface area contributed by atoms with Crippen molar-refractivity contribution in [1.82, 2.24) is 0 Å². The van der Waals surface area contributed by atoms with Crippen molar-refractivity contribution in [3.8, 4) is 5.75 Å². The lowest BCUT2D eigenvalue weighted by Gasteiger charge is -2.09. The molecule has 0 fully saturated rings. The molecule has 0 unspecified atom stereocenters. The molecule has 0 saturated heterocycles. The van der Waals surface area contributed by atoms with Crippen molar-refractivity contribution in [2.75, 3.05) is 0 Å². The van der Waals surface area contributed by atoms with Gasteiger partial charge in [-0.3, -0.25) is 0 Å². The molecule has 1 N–H and O–H groups in total. The third kappa shape index (κ3) is 3.87. The minimum absolute atomic E-state index is 0.422. The molecule has 0 heterocycles. The van der Waals surface area contributed by atoms with E-state index >= 15 is 0 Å². The molecule has 2 nitrogen and oxygen atoms in total. The molecule has 0 aliphatic heterocycles. The van der Waals surface area contributed by atoms with E-state index in [2.05, 4.69) is 0 Å². The van der Waals surface area contributed by atoms with Crippen LogP contribution in [-0.4, -0.2) is 5.11 Å². The SMILES string of the molecule is C[C@H](O)c1ccc(OCc2ccc(Cl)c(Cl)c2)cc1. The van der Waals surface area contributed by atoms with Crippen molar-refractivity contribution in [3.63, 3.8) is 0 Å². The van der Waals surface area contributed by atoms with Gasteiger partial charge in [-0.05, 0) is 42.3 Å². The molecular weight excluding hydrogens is 283 g/mol. The van der Waals surface area contributed by atoms with Crippen LogP contribution in [0.15, 0.2) is 42.5 Å². The highest BCUT2D eigenvalue weighted by atomic mass is 35.5.